The van der Waals surface area contributed by atoms with E-state index in [1.807, 2.05) is 7.05 Å². The van der Waals surface area contributed by atoms with Crippen molar-refractivity contribution in [3.8, 4) is 0 Å². The van der Waals surface area contributed by atoms with Crippen molar-refractivity contribution in [2.24, 2.45) is 0 Å². The van der Waals surface area contributed by atoms with Crippen LogP contribution in [0.2, 0.25) is 0 Å². The molecule has 2 amide bonds. The van der Waals surface area contributed by atoms with Gasteiger partial charge in [-0.1, -0.05) is 0 Å². The normalized spacial score (nSPS) is 17.7. The van der Waals surface area contributed by atoms with Crippen molar-refractivity contribution in [1.82, 2.24) is 15.1 Å². The molecule has 1 aliphatic rings. The van der Waals surface area contributed by atoms with Crippen molar-refractivity contribution in [3.63, 3.8) is 0 Å². The lowest BCUT2D eigenvalue weighted by Crippen LogP contribution is -2.52. The number of rotatable bonds is 5. The number of hydrogen-bond donors (Lipinski definition) is 1. The molecule has 1 fully saturated rings. The largest absolute Gasteiger partial charge is 0.459 e. The lowest BCUT2D eigenvalue weighted by Gasteiger charge is -2.36. The Hall–Kier alpha value is -1.53. The number of piperidine rings is 1. The topological polar surface area (TPSA) is 65.8 Å². The van der Waals surface area contributed by atoms with Gasteiger partial charge in [-0.3, -0.25) is 9.59 Å². The third kappa shape index (κ3) is 4.24. The predicted octanol–water partition coefficient (Wildman–Crippen LogP) is 1.37. The van der Waals surface area contributed by atoms with Gasteiger partial charge in [0.25, 0.3) is 5.91 Å². The van der Waals surface area contributed by atoms with Gasteiger partial charge in [-0.05, 0) is 38.4 Å². The molecular formula is C15H24ClN3O3. The second-order valence-corrected chi connectivity index (χ2v) is 5.35. The van der Waals surface area contributed by atoms with Gasteiger partial charge in [0, 0.05) is 26.7 Å². The molecule has 1 N–H and O–H groups in total. The van der Waals surface area contributed by atoms with Gasteiger partial charge in [-0.2, -0.15) is 0 Å². The minimum absolute atomic E-state index is 0. The zero-order valence-electron chi connectivity index (χ0n) is 13.1. The molecule has 0 aromatic carbocycles. The van der Waals surface area contributed by atoms with E-state index in [9.17, 15) is 9.59 Å². The fraction of sp³-hybridized carbons (Fsp3) is 0.600. The van der Waals surface area contributed by atoms with E-state index in [4.69, 9.17) is 4.42 Å². The van der Waals surface area contributed by atoms with Crippen LogP contribution in [0.1, 0.15) is 29.8 Å². The van der Waals surface area contributed by atoms with Crippen LogP contribution in [-0.4, -0.2) is 61.4 Å². The standard InChI is InChI=1S/C15H23N3O3.ClH/c1-16-8-10-17(2)14(19)12-6-3-4-9-18(12)15(20)13-7-5-11-21-13;/h5,7,11-12,16H,3-4,6,8-10H2,1-2H3;1H. The first kappa shape index (κ1) is 18.5. The Labute approximate surface area is 137 Å². The molecule has 2 heterocycles. The maximum atomic E-state index is 12.6. The predicted molar refractivity (Wildman–Crippen MR) is 86.2 cm³/mol. The van der Waals surface area contributed by atoms with E-state index in [1.165, 1.54) is 6.26 Å². The Balaban J connectivity index is 0.00000242. The fourth-order valence-electron chi connectivity index (χ4n) is 2.62. The zero-order valence-corrected chi connectivity index (χ0v) is 13.9. The number of likely N-dealkylation sites (N-methyl/N-ethyl adjacent to an activating group) is 2. The summed E-state index contributed by atoms with van der Waals surface area (Å²) >= 11 is 0. The Morgan fingerprint density at radius 3 is 2.86 bits per heavy atom. The van der Waals surface area contributed by atoms with Gasteiger partial charge in [0.1, 0.15) is 6.04 Å². The number of amides is 2. The number of carbonyl (C=O) groups excluding carboxylic acids is 2. The fourth-order valence-corrected chi connectivity index (χ4v) is 2.62. The van der Waals surface area contributed by atoms with E-state index in [0.717, 1.165) is 25.8 Å². The quantitative estimate of drug-likeness (QED) is 0.886. The van der Waals surface area contributed by atoms with Gasteiger partial charge in [0.2, 0.25) is 5.91 Å². The summed E-state index contributed by atoms with van der Waals surface area (Å²) in [6.45, 7) is 1.98. The maximum absolute atomic E-state index is 12.6. The summed E-state index contributed by atoms with van der Waals surface area (Å²) in [6, 6.07) is 2.95. The van der Waals surface area contributed by atoms with Gasteiger partial charge in [-0.25, -0.2) is 0 Å². The monoisotopic (exact) mass is 329 g/mol. The van der Waals surface area contributed by atoms with Crippen LogP contribution >= 0.6 is 12.4 Å². The highest BCUT2D eigenvalue weighted by Crippen LogP contribution is 2.21. The second-order valence-electron chi connectivity index (χ2n) is 5.35. The molecule has 2 rings (SSSR count). The van der Waals surface area contributed by atoms with Crippen LogP contribution in [0.4, 0.5) is 0 Å². The Bertz CT molecular complexity index is 478. The molecule has 0 radical (unpaired) electrons. The molecule has 7 heteroatoms. The number of carbonyl (C=O) groups is 2. The second kappa shape index (κ2) is 8.80. The van der Waals surface area contributed by atoms with Crippen LogP contribution in [0.5, 0.6) is 0 Å². The first-order chi connectivity index (χ1) is 10.1. The lowest BCUT2D eigenvalue weighted by atomic mass is 10.0. The average Bonchev–Trinajstić information content (AvgIpc) is 3.05. The van der Waals surface area contributed by atoms with Crippen molar-refractivity contribution >= 4 is 24.2 Å². The van der Waals surface area contributed by atoms with Crippen molar-refractivity contribution in [2.75, 3.05) is 33.7 Å². The van der Waals surface area contributed by atoms with Gasteiger partial charge in [0.05, 0.1) is 6.26 Å². The van der Waals surface area contributed by atoms with Crippen molar-refractivity contribution in [3.05, 3.63) is 24.2 Å². The molecule has 6 nitrogen and oxygen atoms in total. The Kier molecular flexibility index (Phi) is 7.41. The maximum Gasteiger partial charge on any atom is 0.290 e. The van der Waals surface area contributed by atoms with E-state index in [0.29, 0.717) is 18.8 Å². The lowest BCUT2D eigenvalue weighted by molar-refractivity contribution is -0.135. The summed E-state index contributed by atoms with van der Waals surface area (Å²) in [6.07, 6.45) is 4.09. The number of nitrogens with zero attached hydrogens (tertiary/aromatic N) is 2. The van der Waals surface area contributed by atoms with Gasteiger partial charge < -0.3 is 19.5 Å². The van der Waals surface area contributed by atoms with Crippen LogP contribution < -0.4 is 5.32 Å². The molecule has 124 valence electrons. The van der Waals surface area contributed by atoms with Gasteiger partial charge in [0.15, 0.2) is 5.76 Å². The minimum Gasteiger partial charge on any atom is -0.459 e. The Morgan fingerprint density at radius 1 is 1.45 bits per heavy atom. The molecule has 0 bridgehead atoms. The highest BCUT2D eigenvalue weighted by atomic mass is 35.5. The van der Waals surface area contributed by atoms with Crippen LogP contribution in [0.25, 0.3) is 0 Å². The van der Waals surface area contributed by atoms with E-state index in [2.05, 4.69) is 5.32 Å². The summed E-state index contributed by atoms with van der Waals surface area (Å²) in [5.41, 5.74) is 0. The summed E-state index contributed by atoms with van der Waals surface area (Å²) in [5.74, 6) is 0.109. The zero-order chi connectivity index (χ0) is 15.2. The molecule has 0 spiro atoms. The molecule has 22 heavy (non-hydrogen) atoms. The summed E-state index contributed by atoms with van der Waals surface area (Å²) < 4.78 is 5.18. The van der Waals surface area contributed by atoms with Crippen LogP contribution in [0.3, 0.4) is 0 Å². The average molecular weight is 330 g/mol. The first-order valence-electron chi connectivity index (χ1n) is 7.39. The molecule has 1 saturated heterocycles. The van der Waals surface area contributed by atoms with E-state index < -0.39 is 0 Å². The molecule has 0 saturated carbocycles. The van der Waals surface area contributed by atoms with E-state index in [1.54, 1.807) is 29.0 Å². The van der Waals surface area contributed by atoms with E-state index in [-0.39, 0.29) is 30.3 Å². The molecule has 1 atom stereocenters. The Morgan fingerprint density at radius 2 is 2.23 bits per heavy atom. The molecule has 1 unspecified atom stereocenters. The third-order valence-electron chi connectivity index (χ3n) is 3.85. The van der Waals surface area contributed by atoms with Gasteiger partial charge >= 0.3 is 0 Å². The summed E-state index contributed by atoms with van der Waals surface area (Å²) in [5, 5.41) is 3.02. The van der Waals surface area contributed by atoms with Crippen molar-refractivity contribution < 1.29 is 14.0 Å². The molecule has 1 aromatic rings. The first-order valence-corrected chi connectivity index (χ1v) is 7.39. The molecule has 1 aromatic heterocycles. The SMILES string of the molecule is CNCCN(C)C(=O)C1CCCCN1C(=O)c1ccco1.Cl. The highest BCUT2D eigenvalue weighted by Gasteiger charge is 2.34. The van der Waals surface area contributed by atoms with E-state index >= 15 is 0 Å². The smallest absolute Gasteiger partial charge is 0.290 e. The highest BCUT2D eigenvalue weighted by molar-refractivity contribution is 5.95. The number of nitrogens with one attached hydrogen (secondary N) is 1. The van der Waals surface area contributed by atoms with Crippen molar-refractivity contribution in [2.45, 2.75) is 25.3 Å². The van der Waals surface area contributed by atoms with Gasteiger partial charge in [-0.15, -0.1) is 12.4 Å². The third-order valence-corrected chi connectivity index (χ3v) is 3.85. The molecule has 1 aliphatic heterocycles. The summed E-state index contributed by atoms with van der Waals surface area (Å²) in [7, 11) is 3.63. The number of hydrogen-bond acceptors (Lipinski definition) is 4. The van der Waals surface area contributed by atoms with Crippen molar-refractivity contribution in [1.29, 1.82) is 0 Å². The number of furan rings is 1. The number of likely N-dealkylation sites (tertiary alicyclic amines) is 1. The van der Waals surface area contributed by atoms with Crippen LogP contribution in [-0.2, 0) is 4.79 Å². The van der Waals surface area contributed by atoms with Crippen LogP contribution in [0, 0.1) is 0 Å². The molecular weight excluding hydrogens is 306 g/mol. The van der Waals surface area contributed by atoms with Crippen LogP contribution in [0.15, 0.2) is 22.8 Å². The molecule has 0 aliphatic carbocycles. The number of halogens is 1. The summed E-state index contributed by atoms with van der Waals surface area (Å²) in [4.78, 5) is 28.4. The minimum atomic E-state index is -0.377.